The van der Waals surface area contributed by atoms with Crippen LogP contribution in [0.2, 0.25) is 0 Å². The van der Waals surface area contributed by atoms with Crippen LogP contribution in [0.15, 0.2) is 48.5 Å². The molecule has 3 rings (SSSR count). The summed E-state index contributed by atoms with van der Waals surface area (Å²) < 4.78 is 5.44. The second-order valence-electron chi connectivity index (χ2n) is 7.21. The lowest BCUT2D eigenvalue weighted by Gasteiger charge is -2.26. The molecule has 2 atom stereocenters. The average Bonchev–Trinajstić information content (AvgIpc) is 2.96. The predicted octanol–water partition coefficient (Wildman–Crippen LogP) is 4.33. The van der Waals surface area contributed by atoms with Crippen molar-refractivity contribution >= 4 is 17.6 Å². The van der Waals surface area contributed by atoms with Crippen molar-refractivity contribution in [2.24, 2.45) is 0 Å². The number of hydrogen-bond donors (Lipinski definition) is 0. The maximum atomic E-state index is 12.9. The number of ether oxygens (including phenoxy) is 1. The molecule has 1 aliphatic rings. The second kappa shape index (κ2) is 7.32. The second-order valence-corrected chi connectivity index (χ2v) is 7.21. The summed E-state index contributed by atoms with van der Waals surface area (Å²) >= 11 is 0. The first kappa shape index (κ1) is 18.2. The minimum Gasteiger partial charge on any atom is -0.449 e. The fraction of sp³-hybridized carbons (Fsp3) is 0.364. The molecule has 0 unspecified atom stereocenters. The first-order chi connectivity index (χ1) is 12.4. The molecule has 2 aromatic carbocycles. The molecule has 0 aromatic heterocycles. The lowest BCUT2D eigenvalue weighted by molar-refractivity contribution is -0.126. The molecular formula is C22H25NO3. The number of benzene rings is 2. The van der Waals surface area contributed by atoms with Gasteiger partial charge in [0.15, 0.2) is 6.10 Å². The van der Waals surface area contributed by atoms with Gasteiger partial charge in [-0.3, -0.25) is 4.79 Å². The van der Waals surface area contributed by atoms with Gasteiger partial charge in [-0.25, -0.2) is 4.79 Å². The minimum atomic E-state index is -0.833. The van der Waals surface area contributed by atoms with Crippen molar-refractivity contribution in [3.8, 4) is 0 Å². The molecule has 0 bridgehead atoms. The third-order valence-corrected chi connectivity index (χ3v) is 4.89. The van der Waals surface area contributed by atoms with E-state index < -0.39 is 12.1 Å². The highest BCUT2D eigenvalue weighted by molar-refractivity contribution is 6.00. The van der Waals surface area contributed by atoms with Crippen LogP contribution in [0, 0.1) is 0 Å². The molecule has 1 aliphatic heterocycles. The van der Waals surface area contributed by atoms with Crippen LogP contribution in [0.1, 0.15) is 55.1 Å². The summed E-state index contributed by atoms with van der Waals surface area (Å²) in [5.74, 6) is -0.256. The van der Waals surface area contributed by atoms with Gasteiger partial charge >= 0.3 is 5.97 Å². The van der Waals surface area contributed by atoms with Gasteiger partial charge < -0.3 is 9.64 Å². The Bertz CT molecular complexity index is 810. The van der Waals surface area contributed by atoms with Gasteiger partial charge in [-0.05, 0) is 55.5 Å². The van der Waals surface area contributed by atoms with E-state index in [1.54, 1.807) is 24.0 Å². The van der Waals surface area contributed by atoms with Gasteiger partial charge in [0.2, 0.25) is 0 Å². The van der Waals surface area contributed by atoms with Gasteiger partial charge in [-0.1, -0.05) is 44.2 Å². The molecule has 0 radical (unpaired) electrons. The molecule has 136 valence electrons. The molecule has 26 heavy (non-hydrogen) atoms. The Morgan fingerprint density at radius 3 is 2.35 bits per heavy atom. The van der Waals surface area contributed by atoms with E-state index in [2.05, 4.69) is 13.8 Å². The molecule has 1 heterocycles. The van der Waals surface area contributed by atoms with E-state index in [4.69, 9.17) is 4.74 Å². The number of fused-ring (bicyclic) bond motifs is 1. The van der Waals surface area contributed by atoms with Crippen LogP contribution < -0.4 is 4.90 Å². The number of amides is 1. The van der Waals surface area contributed by atoms with E-state index in [1.165, 1.54) is 0 Å². The van der Waals surface area contributed by atoms with Crippen LogP contribution in [0.4, 0.5) is 5.69 Å². The molecule has 0 spiro atoms. The summed E-state index contributed by atoms with van der Waals surface area (Å²) in [6, 6.07) is 15.3. The summed E-state index contributed by atoms with van der Waals surface area (Å²) in [6.45, 7) is 7.85. The van der Waals surface area contributed by atoms with Crippen LogP contribution >= 0.6 is 0 Å². The first-order valence-corrected chi connectivity index (χ1v) is 9.10. The fourth-order valence-electron chi connectivity index (χ4n) is 3.38. The number of hydrogen-bond acceptors (Lipinski definition) is 3. The fourth-order valence-corrected chi connectivity index (χ4v) is 3.38. The number of carbonyl (C=O) groups is 2. The summed E-state index contributed by atoms with van der Waals surface area (Å²) in [6.07, 6.45) is -0.0138. The topological polar surface area (TPSA) is 46.6 Å². The Hall–Kier alpha value is -2.62. The van der Waals surface area contributed by atoms with Crippen LogP contribution in [0.5, 0.6) is 0 Å². The SMILES string of the molecule is CC(C)c1ccc(C(=O)O[C@H](C)C(=O)N2c3ccccc3C[C@H]2C)cc1. The first-order valence-electron chi connectivity index (χ1n) is 9.10. The standard InChI is InChI=1S/C22H25NO3/c1-14(2)17-9-11-18(12-10-17)22(25)26-16(4)21(24)23-15(3)13-19-7-5-6-8-20(19)23/h5-12,14-16H,13H2,1-4H3/t15-,16-/m1/s1. The number of anilines is 1. The van der Waals surface area contributed by atoms with Crippen molar-refractivity contribution in [1.82, 2.24) is 0 Å². The zero-order chi connectivity index (χ0) is 18.8. The molecule has 0 N–H and O–H groups in total. The molecule has 1 amide bonds. The third kappa shape index (κ3) is 3.50. The third-order valence-electron chi connectivity index (χ3n) is 4.89. The molecule has 0 aliphatic carbocycles. The summed E-state index contributed by atoms with van der Waals surface area (Å²) in [5.41, 5.74) is 3.68. The lowest BCUT2D eigenvalue weighted by Crippen LogP contribution is -2.43. The summed E-state index contributed by atoms with van der Waals surface area (Å²) in [4.78, 5) is 27.0. The van der Waals surface area contributed by atoms with Gasteiger partial charge in [-0.15, -0.1) is 0 Å². The zero-order valence-corrected chi connectivity index (χ0v) is 15.7. The van der Waals surface area contributed by atoms with E-state index >= 15 is 0 Å². The number of carbonyl (C=O) groups excluding carboxylic acids is 2. The normalized spacial score (nSPS) is 17.1. The van der Waals surface area contributed by atoms with Crippen molar-refractivity contribution in [1.29, 1.82) is 0 Å². The largest absolute Gasteiger partial charge is 0.449 e. The summed E-state index contributed by atoms with van der Waals surface area (Å²) in [5, 5.41) is 0. The predicted molar refractivity (Wildman–Crippen MR) is 103 cm³/mol. The Labute approximate surface area is 154 Å². The van der Waals surface area contributed by atoms with E-state index in [-0.39, 0.29) is 11.9 Å². The zero-order valence-electron chi connectivity index (χ0n) is 15.7. The van der Waals surface area contributed by atoms with E-state index in [0.29, 0.717) is 11.5 Å². The quantitative estimate of drug-likeness (QED) is 0.770. The highest BCUT2D eigenvalue weighted by Gasteiger charge is 2.34. The van der Waals surface area contributed by atoms with Crippen LogP contribution in [0.25, 0.3) is 0 Å². The number of esters is 1. The molecule has 4 nitrogen and oxygen atoms in total. The van der Waals surface area contributed by atoms with E-state index in [1.807, 2.05) is 43.3 Å². The lowest BCUT2D eigenvalue weighted by atomic mass is 10.0. The van der Waals surface area contributed by atoms with Crippen LogP contribution in [0.3, 0.4) is 0 Å². The van der Waals surface area contributed by atoms with Gasteiger partial charge in [0.25, 0.3) is 5.91 Å². The Kier molecular flexibility index (Phi) is 5.12. The van der Waals surface area contributed by atoms with Crippen LogP contribution in [-0.4, -0.2) is 24.0 Å². The Balaban J connectivity index is 1.70. The van der Waals surface area contributed by atoms with Crippen molar-refractivity contribution in [2.75, 3.05) is 4.90 Å². The van der Waals surface area contributed by atoms with Gasteiger partial charge in [0, 0.05) is 11.7 Å². The minimum absolute atomic E-state index is 0.0615. The highest BCUT2D eigenvalue weighted by atomic mass is 16.5. The van der Waals surface area contributed by atoms with Crippen molar-refractivity contribution in [3.63, 3.8) is 0 Å². The number of para-hydroxylation sites is 1. The van der Waals surface area contributed by atoms with Crippen molar-refractivity contribution in [3.05, 3.63) is 65.2 Å². The highest BCUT2D eigenvalue weighted by Crippen LogP contribution is 2.32. The van der Waals surface area contributed by atoms with E-state index in [9.17, 15) is 9.59 Å². The average molecular weight is 351 g/mol. The van der Waals surface area contributed by atoms with Gasteiger partial charge in [0.05, 0.1) is 5.56 Å². The van der Waals surface area contributed by atoms with Gasteiger partial charge in [-0.2, -0.15) is 0 Å². The maximum Gasteiger partial charge on any atom is 0.338 e. The van der Waals surface area contributed by atoms with Crippen molar-refractivity contribution < 1.29 is 14.3 Å². The molecule has 4 heteroatoms. The summed E-state index contributed by atoms with van der Waals surface area (Å²) in [7, 11) is 0. The smallest absolute Gasteiger partial charge is 0.338 e. The Morgan fingerprint density at radius 2 is 1.69 bits per heavy atom. The molecule has 0 saturated carbocycles. The maximum absolute atomic E-state index is 12.9. The van der Waals surface area contributed by atoms with Crippen molar-refractivity contribution in [2.45, 2.75) is 52.2 Å². The molecular weight excluding hydrogens is 326 g/mol. The number of nitrogens with zero attached hydrogens (tertiary/aromatic N) is 1. The molecule has 2 aromatic rings. The van der Waals surface area contributed by atoms with Gasteiger partial charge in [0.1, 0.15) is 0 Å². The number of rotatable bonds is 4. The van der Waals surface area contributed by atoms with E-state index in [0.717, 1.165) is 23.2 Å². The molecule has 0 fully saturated rings. The Morgan fingerprint density at radius 1 is 1.04 bits per heavy atom. The van der Waals surface area contributed by atoms with Crippen LogP contribution in [-0.2, 0) is 16.0 Å². The monoisotopic (exact) mass is 351 g/mol. The molecule has 0 saturated heterocycles.